The molecule has 1 heteroatoms. The van der Waals surface area contributed by atoms with Crippen LogP contribution in [0.5, 0.6) is 0 Å². The standard InChI is InChI=1S/C13H17N/c1-2-13(12-8-9-12)14-10-11-6-4-3-5-7-11/h2-7,12-14H,1,8-10H2/t13-/m0/s1. The van der Waals surface area contributed by atoms with Gasteiger partial charge in [-0.3, -0.25) is 0 Å². The molecule has 1 fully saturated rings. The number of hydrogen-bond acceptors (Lipinski definition) is 1. The molecule has 1 saturated carbocycles. The van der Waals surface area contributed by atoms with Gasteiger partial charge in [0.25, 0.3) is 0 Å². The molecule has 0 aromatic heterocycles. The van der Waals surface area contributed by atoms with Gasteiger partial charge in [-0.05, 0) is 24.3 Å². The Balaban J connectivity index is 1.83. The van der Waals surface area contributed by atoms with E-state index >= 15 is 0 Å². The predicted molar refractivity (Wildman–Crippen MR) is 60.0 cm³/mol. The third-order valence-corrected chi connectivity index (χ3v) is 2.77. The molecule has 1 aromatic rings. The zero-order valence-corrected chi connectivity index (χ0v) is 8.45. The Labute approximate surface area is 85.8 Å². The van der Waals surface area contributed by atoms with Crippen LogP contribution in [0.25, 0.3) is 0 Å². The van der Waals surface area contributed by atoms with Crippen LogP contribution in [0.2, 0.25) is 0 Å². The van der Waals surface area contributed by atoms with Crippen molar-refractivity contribution in [2.24, 2.45) is 5.92 Å². The summed E-state index contributed by atoms with van der Waals surface area (Å²) in [5.74, 6) is 0.844. The van der Waals surface area contributed by atoms with Crippen LogP contribution in [0.4, 0.5) is 0 Å². The average molecular weight is 187 g/mol. The van der Waals surface area contributed by atoms with Crippen LogP contribution < -0.4 is 5.32 Å². The second-order valence-corrected chi connectivity index (χ2v) is 3.97. The number of benzene rings is 1. The Hall–Kier alpha value is -1.08. The van der Waals surface area contributed by atoms with E-state index in [0.29, 0.717) is 6.04 Å². The molecule has 74 valence electrons. The molecule has 1 atom stereocenters. The minimum Gasteiger partial charge on any atom is -0.306 e. The normalized spacial score (nSPS) is 17.7. The molecule has 1 N–H and O–H groups in total. The Morgan fingerprint density at radius 1 is 1.36 bits per heavy atom. The summed E-state index contributed by atoms with van der Waals surface area (Å²) in [7, 11) is 0. The van der Waals surface area contributed by atoms with Crippen LogP contribution >= 0.6 is 0 Å². The Bertz CT molecular complexity index is 287. The monoisotopic (exact) mass is 187 g/mol. The van der Waals surface area contributed by atoms with E-state index in [0.717, 1.165) is 12.5 Å². The van der Waals surface area contributed by atoms with Crippen LogP contribution in [0.3, 0.4) is 0 Å². The summed E-state index contributed by atoms with van der Waals surface area (Å²) < 4.78 is 0. The molecule has 1 aliphatic carbocycles. The van der Waals surface area contributed by atoms with Crippen molar-refractivity contribution in [3.8, 4) is 0 Å². The molecule has 0 radical (unpaired) electrons. The highest BCUT2D eigenvalue weighted by Crippen LogP contribution is 2.33. The van der Waals surface area contributed by atoms with Gasteiger partial charge in [-0.25, -0.2) is 0 Å². The van der Waals surface area contributed by atoms with Crippen LogP contribution in [0, 0.1) is 5.92 Å². The van der Waals surface area contributed by atoms with Gasteiger partial charge in [0.15, 0.2) is 0 Å². The lowest BCUT2D eigenvalue weighted by Crippen LogP contribution is -2.28. The van der Waals surface area contributed by atoms with Crippen LogP contribution in [-0.4, -0.2) is 6.04 Å². The van der Waals surface area contributed by atoms with Crippen molar-refractivity contribution in [2.75, 3.05) is 0 Å². The quantitative estimate of drug-likeness (QED) is 0.699. The van der Waals surface area contributed by atoms with E-state index in [9.17, 15) is 0 Å². The molecule has 0 spiro atoms. The van der Waals surface area contributed by atoms with E-state index < -0.39 is 0 Å². The van der Waals surface area contributed by atoms with Gasteiger partial charge in [0.2, 0.25) is 0 Å². The van der Waals surface area contributed by atoms with Gasteiger partial charge in [0, 0.05) is 12.6 Å². The zero-order chi connectivity index (χ0) is 9.80. The van der Waals surface area contributed by atoms with Crippen molar-refractivity contribution in [3.63, 3.8) is 0 Å². The third-order valence-electron chi connectivity index (χ3n) is 2.77. The number of hydrogen-bond donors (Lipinski definition) is 1. The number of nitrogens with one attached hydrogen (secondary N) is 1. The molecule has 0 aliphatic heterocycles. The first kappa shape index (κ1) is 9.47. The maximum absolute atomic E-state index is 3.87. The van der Waals surface area contributed by atoms with Crippen molar-refractivity contribution in [3.05, 3.63) is 48.6 Å². The first-order valence-corrected chi connectivity index (χ1v) is 5.30. The summed E-state index contributed by atoms with van der Waals surface area (Å²) in [5, 5.41) is 3.53. The molecular weight excluding hydrogens is 170 g/mol. The minimum absolute atomic E-state index is 0.509. The topological polar surface area (TPSA) is 12.0 Å². The van der Waals surface area contributed by atoms with E-state index in [1.807, 2.05) is 6.08 Å². The average Bonchev–Trinajstić information content (AvgIpc) is 3.05. The summed E-state index contributed by atoms with van der Waals surface area (Å²) in [5.41, 5.74) is 1.35. The molecule has 0 saturated heterocycles. The Morgan fingerprint density at radius 2 is 2.07 bits per heavy atom. The second kappa shape index (κ2) is 4.43. The van der Waals surface area contributed by atoms with Crippen molar-refractivity contribution in [2.45, 2.75) is 25.4 Å². The third kappa shape index (κ3) is 2.46. The van der Waals surface area contributed by atoms with E-state index in [1.165, 1.54) is 18.4 Å². The lowest BCUT2D eigenvalue weighted by molar-refractivity contribution is 0.540. The molecule has 2 rings (SSSR count). The van der Waals surface area contributed by atoms with Gasteiger partial charge in [-0.2, -0.15) is 0 Å². The highest BCUT2D eigenvalue weighted by Gasteiger charge is 2.28. The smallest absolute Gasteiger partial charge is 0.0278 e. The highest BCUT2D eigenvalue weighted by atomic mass is 14.9. The SMILES string of the molecule is C=C[C@H](NCc1ccccc1)C1CC1. The largest absolute Gasteiger partial charge is 0.306 e. The highest BCUT2D eigenvalue weighted by molar-refractivity contribution is 5.14. The van der Waals surface area contributed by atoms with Gasteiger partial charge in [-0.15, -0.1) is 6.58 Å². The van der Waals surface area contributed by atoms with Crippen LogP contribution in [0.15, 0.2) is 43.0 Å². The maximum Gasteiger partial charge on any atom is 0.0278 e. The Kier molecular flexibility index (Phi) is 3.00. The molecular formula is C13H17N. The van der Waals surface area contributed by atoms with Gasteiger partial charge in [-0.1, -0.05) is 36.4 Å². The van der Waals surface area contributed by atoms with E-state index in [4.69, 9.17) is 0 Å². The lowest BCUT2D eigenvalue weighted by atomic mass is 10.1. The van der Waals surface area contributed by atoms with Crippen molar-refractivity contribution in [1.82, 2.24) is 5.32 Å². The predicted octanol–water partition coefficient (Wildman–Crippen LogP) is 2.74. The second-order valence-electron chi connectivity index (χ2n) is 3.97. The Morgan fingerprint density at radius 3 is 2.64 bits per heavy atom. The maximum atomic E-state index is 3.87. The first-order chi connectivity index (χ1) is 6.90. The summed E-state index contributed by atoms with van der Waals surface area (Å²) in [6.45, 7) is 4.82. The van der Waals surface area contributed by atoms with E-state index in [2.05, 4.69) is 42.2 Å². The van der Waals surface area contributed by atoms with Crippen molar-refractivity contribution >= 4 is 0 Å². The van der Waals surface area contributed by atoms with Crippen LogP contribution in [-0.2, 0) is 6.54 Å². The lowest BCUT2D eigenvalue weighted by Gasteiger charge is -2.13. The van der Waals surface area contributed by atoms with Gasteiger partial charge < -0.3 is 5.32 Å². The molecule has 1 aliphatic rings. The van der Waals surface area contributed by atoms with Crippen molar-refractivity contribution in [1.29, 1.82) is 0 Å². The fourth-order valence-corrected chi connectivity index (χ4v) is 1.73. The molecule has 0 bridgehead atoms. The fourth-order valence-electron chi connectivity index (χ4n) is 1.73. The van der Waals surface area contributed by atoms with E-state index in [-0.39, 0.29) is 0 Å². The first-order valence-electron chi connectivity index (χ1n) is 5.30. The van der Waals surface area contributed by atoms with Gasteiger partial charge in [0.1, 0.15) is 0 Å². The summed E-state index contributed by atoms with van der Waals surface area (Å²) in [6, 6.07) is 11.0. The molecule has 0 heterocycles. The van der Waals surface area contributed by atoms with Gasteiger partial charge >= 0.3 is 0 Å². The van der Waals surface area contributed by atoms with Crippen LogP contribution in [0.1, 0.15) is 18.4 Å². The van der Waals surface area contributed by atoms with Crippen molar-refractivity contribution < 1.29 is 0 Å². The molecule has 0 amide bonds. The molecule has 1 nitrogen and oxygen atoms in total. The summed E-state index contributed by atoms with van der Waals surface area (Å²) in [4.78, 5) is 0. The molecule has 0 unspecified atom stereocenters. The molecule has 14 heavy (non-hydrogen) atoms. The summed E-state index contributed by atoms with van der Waals surface area (Å²) in [6.07, 6.45) is 4.76. The fraction of sp³-hybridized carbons (Fsp3) is 0.385. The zero-order valence-electron chi connectivity index (χ0n) is 8.45. The van der Waals surface area contributed by atoms with E-state index in [1.54, 1.807) is 0 Å². The molecule has 1 aromatic carbocycles. The van der Waals surface area contributed by atoms with Gasteiger partial charge in [0.05, 0.1) is 0 Å². The summed E-state index contributed by atoms with van der Waals surface area (Å²) >= 11 is 0. The number of rotatable bonds is 5. The minimum atomic E-state index is 0.509.